The molecule has 108 valence electrons. The molecule has 2 amide bonds. The van der Waals surface area contributed by atoms with Gasteiger partial charge in [-0.25, -0.2) is 0 Å². The van der Waals surface area contributed by atoms with E-state index >= 15 is 0 Å². The number of hydrogen-bond acceptors (Lipinski definition) is 4. The van der Waals surface area contributed by atoms with Crippen molar-refractivity contribution in [3.63, 3.8) is 0 Å². The predicted molar refractivity (Wildman–Crippen MR) is 73.8 cm³/mol. The maximum atomic E-state index is 12.4. The molecule has 0 spiro atoms. The standard InChI is InChI=1S/C14H13N3O4/c15-8-3-1-2-7-11(8)9-6-14(13(16)21,5-4-10(18)19)17(9)12(7)20/h1-3,6H,4-5,15H2,(H2,16,21)(H,18,19). The lowest BCUT2D eigenvalue weighted by Crippen LogP contribution is -2.61. The number of carboxylic acid groups (broad SMARTS) is 1. The van der Waals surface area contributed by atoms with Crippen LogP contribution >= 0.6 is 0 Å². The SMILES string of the molecule is NC(=O)C1(CCC(=O)O)C=C2c3c(N)cccc3C(=O)N21. The Hall–Kier alpha value is -2.83. The van der Waals surface area contributed by atoms with E-state index in [4.69, 9.17) is 16.6 Å². The topological polar surface area (TPSA) is 127 Å². The minimum Gasteiger partial charge on any atom is -0.481 e. The Morgan fingerprint density at radius 3 is 2.67 bits per heavy atom. The molecule has 0 saturated heterocycles. The van der Waals surface area contributed by atoms with E-state index in [2.05, 4.69) is 0 Å². The predicted octanol–water partition coefficient (Wildman–Crippen LogP) is 0.168. The lowest BCUT2D eigenvalue weighted by Gasteiger charge is -2.45. The summed E-state index contributed by atoms with van der Waals surface area (Å²) in [6.45, 7) is 0. The number of carbonyl (C=O) groups is 3. The summed E-state index contributed by atoms with van der Waals surface area (Å²) in [5.74, 6) is -2.17. The highest BCUT2D eigenvalue weighted by molar-refractivity contribution is 6.18. The van der Waals surface area contributed by atoms with Crippen LogP contribution in [0.25, 0.3) is 5.70 Å². The molecule has 0 aromatic heterocycles. The van der Waals surface area contributed by atoms with E-state index in [-0.39, 0.29) is 18.7 Å². The largest absolute Gasteiger partial charge is 0.481 e. The van der Waals surface area contributed by atoms with Gasteiger partial charge in [0, 0.05) is 17.7 Å². The molecule has 1 unspecified atom stereocenters. The second-order valence-electron chi connectivity index (χ2n) is 5.12. The summed E-state index contributed by atoms with van der Waals surface area (Å²) in [6, 6.07) is 4.94. The number of nitrogens with zero attached hydrogens (tertiary/aromatic N) is 1. The van der Waals surface area contributed by atoms with Crippen molar-refractivity contribution in [2.45, 2.75) is 18.4 Å². The lowest BCUT2D eigenvalue weighted by atomic mass is 9.82. The van der Waals surface area contributed by atoms with E-state index in [1.54, 1.807) is 24.3 Å². The van der Waals surface area contributed by atoms with Crippen LogP contribution in [-0.2, 0) is 9.59 Å². The van der Waals surface area contributed by atoms with Crippen molar-refractivity contribution in [3.8, 4) is 0 Å². The molecule has 1 aromatic carbocycles. The van der Waals surface area contributed by atoms with Gasteiger partial charge >= 0.3 is 5.97 Å². The minimum absolute atomic E-state index is 0.0548. The normalized spacial score (nSPS) is 22.2. The fourth-order valence-corrected chi connectivity index (χ4v) is 2.92. The van der Waals surface area contributed by atoms with Crippen LogP contribution in [0.3, 0.4) is 0 Å². The van der Waals surface area contributed by atoms with Gasteiger partial charge in [0.2, 0.25) is 5.91 Å². The summed E-state index contributed by atoms with van der Waals surface area (Å²) in [6.07, 6.45) is 1.22. The molecule has 1 atom stereocenters. The zero-order chi connectivity index (χ0) is 15.4. The van der Waals surface area contributed by atoms with Gasteiger partial charge in [0.25, 0.3) is 5.91 Å². The maximum Gasteiger partial charge on any atom is 0.303 e. The second kappa shape index (κ2) is 4.08. The third-order valence-electron chi connectivity index (χ3n) is 3.95. The van der Waals surface area contributed by atoms with Crippen molar-refractivity contribution in [3.05, 3.63) is 35.4 Å². The molecule has 0 radical (unpaired) electrons. The molecule has 2 aliphatic heterocycles. The first-order valence-corrected chi connectivity index (χ1v) is 6.36. The van der Waals surface area contributed by atoms with Crippen LogP contribution in [0.5, 0.6) is 0 Å². The highest BCUT2D eigenvalue weighted by atomic mass is 16.4. The van der Waals surface area contributed by atoms with Crippen LogP contribution in [0.1, 0.15) is 28.8 Å². The van der Waals surface area contributed by atoms with Crippen LogP contribution in [0.2, 0.25) is 0 Å². The Kier molecular flexibility index (Phi) is 2.56. The third-order valence-corrected chi connectivity index (χ3v) is 3.95. The first-order valence-electron chi connectivity index (χ1n) is 6.36. The Morgan fingerprint density at radius 2 is 2.05 bits per heavy atom. The minimum atomic E-state index is -1.38. The second-order valence-corrected chi connectivity index (χ2v) is 5.12. The Bertz CT molecular complexity index is 725. The first kappa shape index (κ1) is 13.2. The number of aliphatic carboxylic acids is 1. The van der Waals surface area contributed by atoms with E-state index in [1.807, 2.05) is 0 Å². The van der Waals surface area contributed by atoms with Crippen LogP contribution in [0.15, 0.2) is 24.3 Å². The smallest absolute Gasteiger partial charge is 0.303 e. The van der Waals surface area contributed by atoms with Crippen LogP contribution < -0.4 is 11.5 Å². The molecule has 1 aromatic rings. The number of amides is 2. The molecule has 5 N–H and O–H groups in total. The van der Waals surface area contributed by atoms with Crippen LogP contribution in [0, 0.1) is 0 Å². The molecule has 7 nitrogen and oxygen atoms in total. The summed E-state index contributed by atoms with van der Waals surface area (Å²) in [5, 5.41) is 8.81. The molecule has 2 heterocycles. The zero-order valence-electron chi connectivity index (χ0n) is 11.0. The number of primary amides is 1. The molecule has 0 aliphatic carbocycles. The molecular formula is C14H13N3O4. The van der Waals surface area contributed by atoms with E-state index in [1.165, 1.54) is 4.90 Å². The Labute approximate surface area is 119 Å². The number of nitrogens with two attached hydrogens (primary N) is 2. The van der Waals surface area contributed by atoms with E-state index in [0.717, 1.165) is 0 Å². The molecule has 0 fully saturated rings. The quantitative estimate of drug-likeness (QED) is 0.680. The van der Waals surface area contributed by atoms with E-state index < -0.39 is 17.4 Å². The molecular weight excluding hydrogens is 274 g/mol. The summed E-state index contributed by atoms with van der Waals surface area (Å²) in [7, 11) is 0. The molecule has 7 heteroatoms. The summed E-state index contributed by atoms with van der Waals surface area (Å²) in [4.78, 5) is 36.3. The average molecular weight is 287 g/mol. The van der Waals surface area contributed by atoms with Crippen molar-refractivity contribution in [1.82, 2.24) is 4.90 Å². The number of nitrogen functional groups attached to an aromatic ring is 1. The van der Waals surface area contributed by atoms with Gasteiger partial charge in [0.05, 0.1) is 11.3 Å². The van der Waals surface area contributed by atoms with Gasteiger partial charge in [-0.1, -0.05) is 6.07 Å². The molecule has 21 heavy (non-hydrogen) atoms. The Morgan fingerprint density at radius 1 is 1.33 bits per heavy atom. The van der Waals surface area contributed by atoms with Gasteiger partial charge in [-0.2, -0.15) is 0 Å². The van der Waals surface area contributed by atoms with Gasteiger partial charge in [-0.3, -0.25) is 19.3 Å². The summed E-state index contributed by atoms with van der Waals surface area (Å²) < 4.78 is 0. The van der Waals surface area contributed by atoms with Crippen molar-refractivity contribution in [1.29, 1.82) is 0 Å². The number of benzene rings is 1. The van der Waals surface area contributed by atoms with Gasteiger partial charge in [0.1, 0.15) is 5.54 Å². The molecule has 0 saturated carbocycles. The van der Waals surface area contributed by atoms with Gasteiger partial charge in [-0.15, -0.1) is 0 Å². The fourth-order valence-electron chi connectivity index (χ4n) is 2.92. The number of fused-ring (bicyclic) bond motifs is 3. The van der Waals surface area contributed by atoms with Crippen molar-refractivity contribution in [2.75, 3.05) is 5.73 Å². The van der Waals surface area contributed by atoms with E-state index in [0.29, 0.717) is 22.5 Å². The van der Waals surface area contributed by atoms with E-state index in [9.17, 15) is 14.4 Å². The molecule has 0 bridgehead atoms. The maximum absolute atomic E-state index is 12.4. The monoisotopic (exact) mass is 287 g/mol. The molecule has 3 rings (SSSR count). The van der Waals surface area contributed by atoms with Crippen molar-refractivity contribution >= 4 is 29.2 Å². The number of rotatable bonds is 4. The molecule has 2 aliphatic rings. The lowest BCUT2D eigenvalue weighted by molar-refractivity contribution is -0.138. The number of carbonyl (C=O) groups excluding carboxylic acids is 2. The Balaban J connectivity index is 2.07. The number of carboxylic acids is 1. The third kappa shape index (κ3) is 1.57. The fraction of sp³-hybridized carbons (Fsp3) is 0.214. The van der Waals surface area contributed by atoms with Gasteiger partial charge in [0.15, 0.2) is 0 Å². The average Bonchev–Trinajstić information content (AvgIpc) is 2.60. The summed E-state index contributed by atoms with van der Waals surface area (Å²) >= 11 is 0. The highest BCUT2D eigenvalue weighted by Crippen LogP contribution is 2.50. The van der Waals surface area contributed by atoms with Crippen LogP contribution in [0.4, 0.5) is 5.69 Å². The number of anilines is 1. The van der Waals surface area contributed by atoms with Gasteiger partial charge < -0.3 is 16.6 Å². The first-order chi connectivity index (χ1) is 9.88. The number of hydrogen-bond donors (Lipinski definition) is 3. The van der Waals surface area contributed by atoms with Gasteiger partial charge in [-0.05, 0) is 24.6 Å². The summed E-state index contributed by atoms with van der Waals surface area (Å²) in [5.41, 5.74) is 11.8. The van der Waals surface area contributed by atoms with Crippen LogP contribution in [-0.4, -0.2) is 33.3 Å². The zero-order valence-corrected chi connectivity index (χ0v) is 11.0. The van der Waals surface area contributed by atoms with Crippen molar-refractivity contribution in [2.24, 2.45) is 5.73 Å². The highest BCUT2D eigenvalue weighted by Gasteiger charge is 2.57. The van der Waals surface area contributed by atoms with Crippen molar-refractivity contribution < 1.29 is 19.5 Å².